The minimum atomic E-state index is -0.0547. The second-order valence-corrected chi connectivity index (χ2v) is 5.86. The standard InChI is InChI=1S/C17H25N3O/c1-17(2,15-7-5-14(6-8-15)9-13-21)20-10-3-4-16-18-11-12-19-16/h5-8,11-12,20-21H,3-4,9-10,13H2,1-2H3,(H,18,19). The molecule has 1 heterocycles. The molecule has 2 rings (SSSR count). The smallest absolute Gasteiger partial charge is 0.106 e. The lowest BCUT2D eigenvalue weighted by Crippen LogP contribution is -2.37. The second kappa shape index (κ2) is 7.38. The average Bonchev–Trinajstić information content (AvgIpc) is 2.98. The van der Waals surface area contributed by atoms with Gasteiger partial charge in [-0.3, -0.25) is 0 Å². The Hall–Kier alpha value is -1.65. The van der Waals surface area contributed by atoms with Gasteiger partial charge in [0.25, 0.3) is 0 Å². The van der Waals surface area contributed by atoms with Crippen LogP contribution < -0.4 is 5.32 Å². The third kappa shape index (κ3) is 4.69. The molecule has 0 fully saturated rings. The van der Waals surface area contributed by atoms with Gasteiger partial charge in [0.05, 0.1) is 0 Å². The first kappa shape index (κ1) is 15.7. The molecule has 0 aliphatic carbocycles. The van der Waals surface area contributed by atoms with Crippen LogP contribution in [0.5, 0.6) is 0 Å². The Balaban J connectivity index is 1.82. The van der Waals surface area contributed by atoms with Crippen molar-refractivity contribution in [1.82, 2.24) is 15.3 Å². The predicted molar refractivity (Wildman–Crippen MR) is 85.2 cm³/mol. The zero-order valence-corrected chi connectivity index (χ0v) is 12.9. The highest BCUT2D eigenvalue weighted by molar-refractivity contribution is 5.27. The van der Waals surface area contributed by atoms with E-state index in [1.165, 1.54) is 11.1 Å². The van der Waals surface area contributed by atoms with Crippen LogP contribution in [0.25, 0.3) is 0 Å². The van der Waals surface area contributed by atoms with Crippen molar-refractivity contribution in [2.75, 3.05) is 13.2 Å². The molecule has 0 radical (unpaired) electrons. The highest BCUT2D eigenvalue weighted by Gasteiger charge is 2.19. The fourth-order valence-corrected chi connectivity index (χ4v) is 2.41. The van der Waals surface area contributed by atoms with Gasteiger partial charge in [0.2, 0.25) is 0 Å². The first-order valence-electron chi connectivity index (χ1n) is 7.55. The molecule has 114 valence electrons. The number of benzene rings is 1. The Labute approximate surface area is 126 Å². The normalized spacial score (nSPS) is 11.8. The van der Waals surface area contributed by atoms with Gasteiger partial charge in [-0.2, -0.15) is 0 Å². The maximum atomic E-state index is 8.95. The largest absolute Gasteiger partial charge is 0.396 e. The maximum absolute atomic E-state index is 8.95. The number of hydrogen-bond donors (Lipinski definition) is 3. The van der Waals surface area contributed by atoms with E-state index in [4.69, 9.17) is 5.11 Å². The molecule has 21 heavy (non-hydrogen) atoms. The van der Waals surface area contributed by atoms with Crippen molar-refractivity contribution in [3.8, 4) is 0 Å². The van der Waals surface area contributed by atoms with Gasteiger partial charge in [0.1, 0.15) is 5.82 Å². The van der Waals surface area contributed by atoms with Crippen molar-refractivity contribution in [3.05, 3.63) is 53.6 Å². The number of aromatic nitrogens is 2. The van der Waals surface area contributed by atoms with Crippen LogP contribution in [0.2, 0.25) is 0 Å². The van der Waals surface area contributed by atoms with Crippen LogP contribution in [0.1, 0.15) is 37.2 Å². The molecule has 0 saturated carbocycles. The third-order valence-electron chi connectivity index (χ3n) is 3.79. The Morgan fingerprint density at radius 3 is 2.57 bits per heavy atom. The van der Waals surface area contributed by atoms with Gasteiger partial charge in [-0.1, -0.05) is 24.3 Å². The summed E-state index contributed by atoms with van der Waals surface area (Å²) in [7, 11) is 0. The number of aliphatic hydroxyl groups excluding tert-OH is 1. The molecule has 1 aromatic carbocycles. The zero-order chi connectivity index (χ0) is 15.1. The number of aryl methyl sites for hydroxylation is 1. The molecule has 0 unspecified atom stereocenters. The van der Waals surface area contributed by atoms with Crippen molar-refractivity contribution in [2.45, 2.75) is 38.6 Å². The summed E-state index contributed by atoms with van der Waals surface area (Å²) in [6, 6.07) is 8.48. The van der Waals surface area contributed by atoms with Gasteiger partial charge >= 0.3 is 0 Å². The molecule has 0 atom stereocenters. The van der Waals surface area contributed by atoms with E-state index in [9.17, 15) is 0 Å². The summed E-state index contributed by atoms with van der Waals surface area (Å²) >= 11 is 0. The van der Waals surface area contributed by atoms with Gasteiger partial charge in [-0.05, 0) is 44.4 Å². The van der Waals surface area contributed by atoms with Gasteiger partial charge in [-0.25, -0.2) is 4.98 Å². The number of nitrogens with zero attached hydrogens (tertiary/aromatic N) is 1. The lowest BCUT2D eigenvalue weighted by atomic mass is 9.93. The van der Waals surface area contributed by atoms with Crippen LogP contribution in [0, 0.1) is 0 Å². The van der Waals surface area contributed by atoms with E-state index in [0.717, 1.165) is 31.6 Å². The minimum absolute atomic E-state index is 0.0547. The summed E-state index contributed by atoms with van der Waals surface area (Å²) < 4.78 is 0. The number of nitrogens with one attached hydrogen (secondary N) is 2. The number of rotatable bonds is 8. The first-order chi connectivity index (χ1) is 10.1. The number of H-pyrrole nitrogens is 1. The van der Waals surface area contributed by atoms with Crippen molar-refractivity contribution < 1.29 is 5.11 Å². The van der Waals surface area contributed by atoms with Crippen molar-refractivity contribution >= 4 is 0 Å². The monoisotopic (exact) mass is 287 g/mol. The number of aliphatic hydroxyl groups is 1. The predicted octanol–water partition coefficient (Wildman–Crippen LogP) is 2.40. The van der Waals surface area contributed by atoms with Crippen molar-refractivity contribution in [2.24, 2.45) is 0 Å². The molecular weight excluding hydrogens is 262 g/mol. The number of hydrogen-bond acceptors (Lipinski definition) is 3. The molecule has 0 aliphatic heterocycles. The lowest BCUT2D eigenvalue weighted by molar-refractivity contribution is 0.299. The van der Waals surface area contributed by atoms with Crippen LogP contribution >= 0.6 is 0 Å². The number of imidazole rings is 1. The Morgan fingerprint density at radius 2 is 1.95 bits per heavy atom. The molecule has 1 aromatic heterocycles. The fourth-order valence-electron chi connectivity index (χ4n) is 2.41. The second-order valence-electron chi connectivity index (χ2n) is 5.86. The highest BCUT2D eigenvalue weighted by Crippen LogP contribution is 2.20. The summed E-state index contributed by atoms with van der Waals surface area (Å²) in [5.74, 6) is 1.04. The average molecular weight is 287 g/mol. The molecule has 3 N–H and O–H groups in total. The summed E-state index contributed by atoms with van der Waals surface area (Å²) in [4.78, 5) is 7.36. The molecular formula is C17H25N3O. The Morgan fingerprint density at radius 1 is 1.19 bits per heavy atom. The van der Waals surface area contributed by atoms with Crippen LogP contribution in [-0.2, 0) is 18.4 Å². The van der Waals surface area contributed by atoms with E-state index < -0.39 is 0 Å². The van der Waals surface area contributed by atoms with Gasteiger partial charge in [-0.15, -0.1) is 0 Å². The molecule has 0 saturated heterocycles. The first-order valence-corrected chi connectivity index (χ1v) is 7.55. The summed E-state index contributed by atoms with van der Waals surface area (Å²) in [6.45, 7) is 5.54. The van der Waals surface area contributed by atoms with E-state index >= 15 is 0 Å². The van der Waals surface area contributed by atoms with Gasteiger partial charge < -0.3 is 15.4 Å². The highest BCUT2D eigenvalue weighted by atomic mass is 16.2. The van der Waals surface area contributed by atoms with E-state index in [1.54, 1.807) is 6.20 Å². The Kier molecular flexibility index (Phi) is 5.53. The molecule has 4 heteroatoms. The minimum Gasteiger partial charge on any atom is -0.396 e. The zero-order valence-electron chi connectivity index (χ0n) is 12.9. The summed E-state index contributed by atoms with van der Waals surface area (Å²) in [5, 5.41) is 12.5. The quantitative estimate of drug-likeness (QED) is 0.653. The number of aromatic amines is 1. The molecule has 4 nitrogen and oxygen atoms in total. The van der Waals surface area contributed by atoms with Gasteiger partial charge in [0.15, 0.2) is 0 Å². The van der Waals surface area contributed by atoms with Crippen molar-refractivity contribution in [3.63, 3.8) is 0 Å². The van der Waals surface area contributed by atoms with Crippen LogP contribution in [0.3, 0.4) is 0 Å². The van der Waals surface area contributed by atoms with Crippen LogP contribution in [0.4, 0.5) is 0 Å². The lowest BCUT2D eigenvalue weighted by Gasteiger charge is -2.27. The topological polar surface area (TPSA) is 60.9 Å². The third-order valence-corrected chi connectivity index (χ3v) is 3.79. The molecule has 0 amide bonds. The Bertz CT molecular complexity index is 517. The maximum Gasteiger partial charge on any atom is 0.106 e. The van der Waals surface area contributed by atoms with E-state index in [-0.39, 0.29) is 12.1 Å². The molecule has 0 spiro atoms. The SMILES string of the molecule is CC(C)(NCCCc1ncc[nH]1)c1ccc(CCO)cc1. The van der Waals surface area contributed by atoms with Gasteiger partial charge in [0, 0.05) is 31.0 Å². The van der Waals surface area contributed by atoms with Crippen molar-refractivity contribution in [1.29, 1.82) is 0 Å². The van der Waals surface area contributed by atoms with E-state index in [0.29, 0.717) is 0 Å². The van der Waals surface area contributed by atoms with E-state index in [1.807, 2.05) is 6.20 Å². The van der Waals surface area contributed by atoms with E-state index in [2.05, 4.69) is 53.4 Å². The van der Waals surface area contributed by atoms with Crippen LogP contribution in [-0.4, -0.2) is 28.2 Å². The molecule has 0 aliphatic rings. The van der Waals surface area contributed by atoms with Crippen LogP contribution in [0.15, 0.2) is 36.7 Å². The molecule has 0 bridgehead atoms. The summed E-state index contributed by atoms with van der Waals surface area (Å²) in [5.41, 5.74) is 2.39. The summed E-state index contributed by atoms with van der Waals surface area (Å²) in [6.07, 6.45) is 6.39. The fraction of sp³-hybridized carbons (Fsp3) is 0.471. The molecule has 2 aromatic rings.